The number of nitrogens with one attached hydrogen (secondary N) is 1. The topological polar surface area (TPSA) is 29.1 Å². The Morgan fingerprint density at radius 3 is 2.62 bits per heavy atom. The van der Waals surface area contributed by atoms with E-state index in [1.165, 1.54) is 0 Å². The third-order valence-corrected chi connectivity index (χ3v) is 2.76. The molecule has 13 heavy (non-hydrogen) atoms. The molecule has 0 rings (SSSR count). The van der Waals surface area contributed by atoms with Gasteiger partial charge in [0.2, 0.25) is 5.91 Å². The lowest BCUT2D eigenvalue weighted by Crippen LogP contribution is -2.35. The molecule has 0 heterocycles. The van der Waals surface area contributed by atoms with E-state index in [1.54, 1.807) is 11.8 Å². The third-order valence-electron chi connectivity index (χ3n) is 1.81. The summed E-state index contributed by atoms with van der Waals surface area (Å²) in [6.45, 7) is 5.08. The Labute approximate surface area is 93.4 Å². The summed E-state index contributed by atoms with van der Waals surface area (Å²) in [6.07, 6.45) is 3.01. The van der Waals surface area contributed by atoms with Gasteiger partial charge in [-0.1, -0.05) is 29.8 Å². The van der Waals surface area contributed by atoms with Gasteiger partial charge in [-0.3, -0.25) is 4.79 Å². The fraction of sp³-hybridized carbons (Fsp3) is 0.889. The zero-order valence-electron chi connectivity index (χ0n) is 8.52. The fourth-order valence-corrected chi connectivity index (χ4v) is 2.30. The van der Waals surface area contributed by atoms with Crippen molar-refractivity contribution in [2.24, 2.45) is 5.41 Å². The Kier molecular flexibility index (Phi) is 6.86. The van der Waals surface area contributed by atoms with Gasteiger partial charge in [0.25, 0.3) is 0 Å². The van der Waals surface area contributed by atoms with Crippen molar-refractivity contribution in [1.29, 1.82) is 0 Å². The minimum atomic E-state index is 0.134. The average molecular weight is 268 g/mol. The Balaban J connectivity index is 3.67. The van der Waals surface area contributed by atoms with Crippen molar-refractivity contribution in [1.82, 2.24) is 5.32 Å². The van der Waals surface area contributed by atoms with Crippen LogP contribution in [0.25, 0.3) is 0 Å². The van der Waals surface area contributed by atoms with Crippen molar-refractivity contribution in [2.45, 2.75) is 20.3 Å². The van der Waals surface area contributed by atoms with Gasteiger partial charge in [-0.2, -0.15) is 11.8 Å². The fourth-order valence-electron chi connectivity index (χ4n) is 0.864. The standard InChI is InChI=1S/C9H18BrNOS/c1-9(2,4-5-10)7-11-8(12)6-13-3/h4-7H2,1-3H3,(H,11,12). The van der Waals surface area contributed by atoms with Crippen LogP contribution < -0.4 is 5.32 Å². The number of amides is 1. The Hall–Kier alpha value is 0.300. The van der Waals surface area contributed by atoms with Crippen LogP contribution in [0, 0.1) is 5.41 Å². The normalized spacial score (nSPS) is 11.4. The third kappa shape index (κ3) is 7.38. The van der Waals surface area contributed by atoms with Crippen molar-refractivity contribution < 1.29 is 4.79 Å². The van der Waals surface area contributed by atoms with Gasteiger partial charge < -0.3 is 5.32 Å². The van der Waals surface area contributed by atoms with Crippen molar-refractivity contribution >= 4 is 33.6 Å². The lowest BCUT2D eigenvalue weighted by molar-refractivity contribution is -0.119. The molecule has 0 aromatic rings. The molecule has 0 aromatic heterocycles. The maximum absolute atomic E-state index is 11.2. The van der Waals surface area contributed by atoms with Gasteiger partial charge in [0.15, 0.2) is 0 Å². The van der Waals surface area contributed by atoms with Gasteiger partial charge >= 0.3 is 0 Å². The summed E-state index contributed by atoms with van der Waals surface area (Å²) in [4.78, 5) is 11.2. The lowest BCUT2D eigenvalue weighted by Gasteiger charge is -2.23. The van der Waals surface area contributed by atoms with Crippen LogP contribution in [0.4, 0.5) is 0 Å². The minimum Gasteiger partial charge on any atom is -0.355 e. The number of carbonyl (C=O) groups excluding carboxylic acids is 1. The first-order valence-electron chi connectivity index (χ1n) is 4.33. The van der Waals surface area contributed by atoms with Crippen LogP contribution in [0.3, 0.4) is 0 Å². The molecule has 0 aromatic carbocycles. The zero-order chi connectivity index (χ0) is 10.3. The second-order valence-corrected chi connectivity index (χ2v) is 5.47. The highest BCUT2D eigenvalue weighted by Crippen LogP contribution is 2.19. The first-order valence-corrected chi connectivity index (χ1v) is 6.85. The van der Waals surface area contributed by atoms with Gasteiger partial charge in [-0.25, -0.2) is 0 Å². The van der Waals surface area contributed by atoms with Crippen molar-refractivity contribution in [2.75, 3.05) is 23.9 Å². The molecule has 0 aliphatic rings. The Bertz CT molecular complexity index is 162. The molecule has 0 fully saturated rings. The predicted molar refractivity (Wildman–Crippen MR) is 63.6 cm³/mol. The summed E-state index contributed by atoms with van der Waals surface area (Å²) < 4.78 is 0. The maximum atomic E-state index is 11.2. The molecular formula is C9H18BrNOS. The number of alkyl halides is 1. The Morgan fingerprint density at radius 2 is 2.15 bits per heavy atom. The molecule has 0 aliphatic carbocycles. The first-order chi connectivity index (χ1) is 6.02. The molecule has 0 aliphatic heterocycles. The van der Waals surface area contributed by atoms with E-state index in [1.807, 2.05) is 6.26 Å². The van der Waals surface area contributed by atoms with Gasteiger partial charge in [-0.15, -0.1) is 0 Å². The van der Waals surface area contributed by atoms with E-state index >= 15 is 0 Å². The van der Waals surface area contributed by atoms with E-state index in [0.717, 1.165) is 18.3 Å². The second kappa shape index (κ2) is 6.71. The number of halogens is 1. The Morgan fingerprint density at radius 1 is 1.54 bits per heavy atom. The quantitative estimate of drug-likeness (QED) is 0.749. The largest absolute Gasteiger partial charge is 0.355 e. The zero-order valence-corrected chi connectivity index (χ0v) is 10.9. The van der Waals surface area contributed by atoms with E-state index in [2.05, 4.69) is 35.1 Å². The van der Waals surface area contributed by atoms with Crippen LogP contribution in [0.5, 0.6) is 0 Å². The number of thioether (sulfide) groups is 1. The van der Waals surface area contributed by atoms with Gasteiger partial charge in [-0.05, 0) is 18.1 Å². The van der Waals surface area contributed by atoms with E-state index in [4.69, 9.17) is 0 Å². The highest BCUT2D eigenvalue weighted by atomic mass is 79.9. The second-order valence-electron chi connectivity index (χ2n) is 3.81. The molecule has 1 N–H and O–H groups in total. The van der Waals surface area contributed by atoms with Crippen LogP contribution in [0.15, 0.2) is 0 Å². The van der Waals surface area contributed by atoms with Crippen LogP contribution in [-0.2, 0) is 4.79 Å². The van der Waals surface area contributed by atoms with Crippen LogP contribution in [-0.4, -0.2) is 29.8 Å². The molecule has 78 valence electrons. The minimum absolute atomic E-state index is 0.134. The molecule has 0 radical (unpaired) electrons. The monoisotopic (exact) mass is 267 g/mol. The summed E-state index contributed by atoms with van der Waals surface area (Å²) in [7, 11) is 0. The number of rotatable bonds is 6. The van der Waals surface area contributed by atoms with Gasteiger partial charge in [0, 0.05) is 11.9 Å². The van der Waals surface area contributed by atoms with Crippen molar-refractivity contribution in [3.05, 3.63) is 0 Å². The molecule has 0 saturated heterocycles. The highest BCUT2D eigenvalue weighted by Gasteiger charge is 2.17. The average Bonchev–Trinajstić information content (AvgIpc) is 2.02. The molecule has 0 saturated carbocycles. The van der Waals surface area contributed by atoms with Crippen molar-refractivity contribution in [3.63, 3.8) is 0 Å². The molecular weight excluding hydrogens is 250 g/mol. The molecule has 0 bridgehead atoms. The van der Waals surface area contributed by atoms with Crippen molar-refractivity contribution in [3.8, 4) is 0 Å². The van der Waals surface area contributed by atoms with E-state index in [0.29, 0.717) is 5.75 Å². The molecule has 0 unspecified atom stereocenters. The first kappa shape index (κ1) is 13.3. The SMILES string of the molecule is CSCC(=O)NCC(C)(C)CCBr. The number of carbonyl (C=O) groups is 1. The van der Waals surface area contributed by atoms with Gasteiger partial charge in [0.05, 0.1) is 5.75 Å². The molecule has 2 nitrogen and oxygen atoms in total. The molecule has 1 amide bonds. The molecule has 0 spiro atoms. The van der Waals surface area contributed by atoms with E-state index in [-0.39, 0.29) is 11.3 Å². The highest BCUT2D eigenvalue weighted by molar-refractivity contribution is 9.09. The smallest absolute Gasteiger partial charge is 0.230 e. The summed E-state index contributed by atoms with van der Waals surface area (Å²) in [5.41, 5.74) is 0.192. The van der Waals surface area contributed by atoms with Crippen LogP contribution in [0.1, 0.15) is 20.3 Å². The number of hydrogen-bond acceptors (Lipinski definition) is 2. The van der Waals surface area contributed by atoms with E-state index < -0.39 is 0 Å². The molecule has 0 atom stereocenters. The summed E-state index contributed by atoms with van der Waals surface area (Å²) >= 11 is 4.96. The predicted octanol–water partition coefficient (Wildman–Crippen LogP) is 2.28. The number of hydrogen-bond donors (Lipinski definition) is 1. The van der Waals surface area contributed by atoms with Gasteiger partial charge in [0.1, 0.15) is 0 Å². The summed E-state index contributed by atoms with van der Waals surface area (Å²) in [6, 6.07) is 0. The maximum Gasteiger partial charge on any atom is 0.230 e. The molecule has 4 heteroatoms. The van der Waals surface area contributed by atoms with Crippen LogP contribution >= 0.6 is 27.7 Å². The lowest BCUT2D eigenvalue weighted by atomic mass is 9.90. The summed E-state index contributed by atoms with van der Waals surface area (Å²) in [5.74, 6) is 0.694. The van der Waals surface area contributed by atoms with E-state index in [9.17, 15) is 4.79 Å². The van der Waals surface area contributed by atoms with Crippen LogP contribution in [0.2, 0.25) is 0 Å². The summed E-state index contributed by atoms with van der Waals surface area (Å²) in [5, 5.41) is 3.91.